The Morgan fingerprint density at radius 3 is 2.59 bits per heavy atom. The molecule has 34 heavy (non-hydrogen) atoms. The predicted molar refractivity (Wildman–Crippen MR) is 130 cm³/mol. The average Bonchev–Trinajstić information content (AvgIpc) is 3.30. The summed E-state index contributed by atoms with van der Waals surface area (Å²) in [6, 6.07) is 13.2. The highest BCUT2D eigenvalue weighted by Gasteiger charge is 2.26. The van der Waals surface area contributed by atoms with Crippen LogP contribution >= 0.6 is 0 Å². The topological polar surface area (TPSA) is 102 Å². The van der Waals surface area contributed by atoms with Gasteiger partial charge in [-0.1, -0.05) is 18.2 Å². The van der Waals surface area contributed by atoms with Gasteiger partial charge in [0.15, 0.2) is 0 Å². The lowest BCUT2D eigenvalue weighted by Gasteiger charge is -2.29. The number of hydrogen-bond donors (Lipinski definition) is 2. The number of rotatable bonds is 5. The Kier molecular flexibility index (Phi) is 5.88. The lowest BCUT2D eigenvalue weighted by atomic mass is 9.82. The summed E-state index contributed by atoms with van der Waals surface area (Å²) in [6.07, 6.45) is 7.20. The second kappa shape index (κ2) is 9.13. The first kappa shape index (κ1) is 21.9. The molecule has 4 aromatic rings. The van der Waals surface area contributed by atoms with Crippen molar-refractivity contribution in [2.45, 2.75) is 37.6 Å². The van der Waals surface area contributed by atoms with Crippen molar-refractivity contribution in [2.75, 3.05) is 7.11 Å². The molecule has 1 amide bonds. The van der Waals surface area contributed by atoms with E-state index in [1.807, 2.05) is 49.6 Å². The molecule has 0 radical (unpaired) electrons. The summed E-state index contributed by atoms with van der Waals surface area (Å²) in [4.78, 5) is 25.1. The number of ether oxygens (including phenoxy) is 1. The second-order valence-electron chi connectivity index (χ2n) is 8.82. The van der Waals surface area contributed by atoms with Gasteiger partial charge in [0.25, 0.3) is 11.5 Å². The number of carbonyl (C=O) groups excluding carboxylic acids is 1. The molecule has 8 heteroatoms. The van der Waals surface area contributed by atoms with Gasteiger partial charge in [0.05, 0.1) is 24.4 Å². The molecule has 1 aliphatic rings. The highest BCUT2D eigenvalue weighted by molar-refractivity contribution is 5.95. The van der Waals surface area contributed by atoms with Gasteiger partial charge in [-0.05, 0) is 49.9 Å². The molecular weight excluding hydrogens is 430 g/mol. The molecule has 0 saturated heterocycles. The van der Waals surface area contributed by atoms with Crippen LogP contribution in [0.5, 0.6) is 5.75 Å². The Morgan fingerprint density at radius 1 is 1.12 bits per heavy atom. The minimum absolute atomic E-state index is 0.0989. The van der Waals surface area contributed by atoms with E-state index in [1.165, 1.54) is 0 Å². The van der Waals surface area contributed by atoms with Gasteiger partial charge < -0.3 is 10.1 Å². The molecular formula is C26H27N5O3. The molecule has 1 saturated carbocycles. The molecule has 2 aromatic heterocycles. The van der Waals surface area contributed by atoms with Gasteiger partial charge in [0, 0.05) is 47.3 Å². The average molecular weight is 458 g/mol. The molecule has 2 aromatic carbocycles. The van der Waals surface area contributed by atoms with Crippen LogP contribution in [0.15, 0.2) is 59.7 Å². The van der Waals surface area contributed by atoms with Crippen LogP contribution in [0, 0.1) is 0 Å². The second-order valence-corrected chi connectivity index (χ2v) is 8.82. The Labute approximate surface area is 197 Å². The Balaban J connectivity index is 1.26. The Hall–Kier alpha value is -3.94. The first-order valence-corrected chi connectivity index (χ1v) is 11.5. The normalized spacial score (nSPS) is 18.1. The van der Waals surface area contributed by atoms with E-state index in [1.54, 1.807) is 24.1 Å². The zero-order valence-electron chi connectivity index (χ0n) is 19.2. The molecule has 0 unspecified atom stereocenters. The number of nitrogens with zero attached hydrogens (tertiary/aromatic N) is 3. The summed E-state index contributed by atoms with van der Waals surface area (Å²) < 4.78 is 7.28. The molecule has 174 valence electrons. The zero-order chi connectivity index (χ0) is 23.7. The van der Waals surface area contributed by atoms with Crippen LogP contribution in [0.25, 0.3) is 21.9 Å². The summed E-state index contributed by atoms with van der Waals surface area (Å²) in [5.74, 6) is 0.793. The maximum atomic E-state index is 13.0. The summed E-state index contributed by atoms with van der Waals surface area (Å²) >= 11 is 0. The SMILES string of the molecule is COc1cc(C(=O)N[C@H]2CC[C@H](c3n[nH]c(=O)c4ccccc43)CC2)ccc1-c1cnn(C)c1. The van der Waals surface area contributed by atoms with Gasteiger partial charge in [-0.2, -0.15) is 10.2 Å². The molecule has 1 aliphatic carbocycles. The largest absolute Gasteiger partial charge is 0.496 e. The van der Waals surface area contributed by atoms with Crippen molar-refractivity contribution in [2.24, 2.45) is 7.05 Å². The minimum atomic E-state index is -0.162. The summed E-state index contributed by atoms with van der Waals surface area (Å²) in [6.45, 7) is 0. The molecule has 0 atom stereocenters. The predicted octanol–water partition coefficient (Wildman–Crippen LogP) is 3.79. The standard InChI is InChI=1S/C26H27N5O3/c1-31-15-18(14-27-31)20-12-9-17(13-23(20)34-2)25(32)28-19-10-7-16(8-11-19)24-21-5-3-4-6-22(21)26(33)30-29-24/h3-6,9,12-16,19H,7-8,10-11H2,1-2H3,(H,28,32)(H,30,33)/t16-,19-. The molecule has 5 rings (SSSR count). The van der Waals surface area contributed by atoms with E-state index in [2.05, 4.69) is 20.6 Å². The molecule has 1 fully saturated rings. The van der Waals surface area contributed by atoms with E-state index in [0.29, 0.717) is 16.7 Å². The smallest absolute Gasteiger partial charge is 0.272 e. The molecule has 0 bridgehead atoms. The third kappa shape index (κ3) is 4.19. The quantitative estimate of drug-likeness (QED) is 0.475. The van der Waals surface area contributed by atoms with E-state index in [0.717, 1.165) is 47.9 Å². The van der Waals surface area contributed by atoms with E-state index < -0.39 is 0 Å². The third-order valence-corrected chi connectivity index (χ3v) is 6.65. The molecule has 0 aliphatic heterocycles. The number of nitrogens with one attached hydrogen (secondary N) is 2. The van der Waals surface area contributed by atoms with Crippen LogP contribution in [0.4, 0.5) is 0 Å². The van der Waals surface area contributed by atoms with Crippen molar-refractivity contribution in [3.8, 4) is 16.9 Å². The summed E-state index contributed by atoms with van der Waals surface area (Å²) in [5, 5.41) is 16.0. The molecule has 8 nitrogen and oxygen atoms in total. The fourth-order valence-corrected chi connectivity index (χ4v) is 4.86. The maximum absolute atomic E-state index is 13.0. The summed E-state index contributed by atoms with van der Waals surface area (Å²) in [5.41, 5.74) is 3.18. The number of aromatic amines is 1. The monoisotopic (exact) mass is 457 g/mol. The van der Waals surface area contributed by atoms with Gasteiger partial charge in [0.1, 0.15) is 5.75 Å². The van der Waals surface area contributed by atoms with Gasteiger partial charge in [-0.25, -0.2) is 5.10 Å². The molecule has 2 N–H and O–H groups in total. The van der Waals surface area contributed by atoms with Crippen LogP contribution in [-0.4, -0.2) is 39.0 Å². The van der Waals surface area contributed by atoms with Crippen molar-refractivity contribution in [1.82, 2.24) is 25.3 Å². The van der Waals surface area contributed by atoms with E-state index in [9.17, 15) is 9.59 Å². The highest BCUT2D eigenvalue weighted by atomic mass is 16.5. The van der Waals surface area contributed by atoms with Crippen molar-refractivity contribution < 1.29 is 9.53 Å². The van der Waals surface area contributed by atoms with Crippen LogP contribution < -0.4 is 15.6 Å². The fourth-order valence-electron chi connectivity index (χ4n) is 4.86. The number of amides is 1. The van der Waals surface area contributed by atoms with E-state index in [-0.39, 0.29) is 23.4 Å². The number of H-pyrrole nitrogens is 1. The van der Waals surface area contributed by atoms with Gasteiger partial charge in [-0.15, -0.1) is 0 Å². The first-order valence-electron chi connectivity index (χ1n) is 11.5. The van der Waals surface area contributed by atoms with Crippen LogP contribution in [-0.2, 0) is 7.05 Å². The maximum Gasteiger partial charge on any atom is 0.272 e. The molecule has 0 spiro atoms. The van der Waals surface area contributed by atoms with Crippen molar-refractivity contribution in [3.63, 3.8) is 0 Å². The van der Waals surface area contributed by atoms with Crippen LogP contribution in [0.1, 0.15) is 47.7 Å². The zero-order valence-corrected chi connectivity index (χ0v) is 19.2. The number of hydrogen-bond acceptors (Lipinski definition) is 5. The molecule has 2 heterocycles. The Bertz CT molecular complexity index is 1400. The fraction of sp³-hybridized carbons (Fsp3) is 0.308. The van der Waals surface area contributed by atoms with Crippen molar-refractivity contribution in [1.29, 1.82) is 0 Å². The van der Waals surface area contributed by atoms with Gasteiger partial charge >= 0.3 is 0 Å². The number of benzene rings is 2. The number of aryl methyl sites for hydroxylation is 1. The summed E-state index contributed by atoms with van der Waals surface area (Å²) in [7, 11) is 3.47. The third-order valence-electron chi connectivity index (χ3n) is 6.65. The highest BCUT2D eigenvalue weighted by Crippen LogP contribution is 2.35. The minimum Gasteiger partial charge on any atom is -0.496 e. The number of carbonyl (C=O) groups is 1. The number of aromatic nitrogens is 4. The van der Waals surface area contributed by atoms with Crippen molar-refractivity contribution in [3.05, 3.63) is 76.5 Å². The Morgan fingerprint density at radius 2 is 1.88 bits per heavy atom. The van der Waals surface area contributed by atoms with Crippen LogP contribution in [0.3, 0.4) is 0 Å². The lowest BCUT2D eigenvalue weighted by Crippen LogP contribution is -2.37. The van der Waals surface area contributed by atoms with Gasteiger partial charge in [0.2, 0.25) is 0 Å². The van der Waals surface area contributed by atoms with E-state index in [4.69, 9.17) is 4.74 Å². The first-order chi connectivity index (χ1) is 16.5. The van der Waals surface area contributed by atoms with Crippen molar-refractivity contribution >= 4 is 16.7 Å². The number of fused-ring (bicyclic) bond motifs is 1. The number of methoxy groups -OCH3 is 1. The lowest BCUT2D eigenvalue weighted by molar-refractivity contribution is 0.0925. The van der Waals surface area contributed by atoms with E-state index >= 15 is 0 Å². The van der Waals surface area contributed by atoms with Crippen LogP contribution in [0.2, 0.25) is 0 Å². The van der Waals surface area contributed by atoms with Gasteiger partial charge in [-0.3, -0.25) is 14.3 Å².